The van der Waals surface area contributed by atoms with Gasteiger partial charge in [-0.1, -0.05) is 24.3 Å². The minimum Gasteiger partial charge on any atom is -0.466 e. The number of aromatic nitrogens is 1. The van der Waals surface area contributed by atoms with E-state index < -0.39 is 0 Å². The molecule has 0 atom stereocenters. The molecule has 0 fully saturated rings. The Morgan fingerprint density at radius 2 is 1.90 bits per heavy atom. The second kappa shape index (κ2) is 5.79. The van der Waals surface area contributed by atoms with E-state index >= 15 is 0 Å². The minimum absolute atomic E-state index is 0.216. The fraction of sp³-hybridized carbons (Fsp3) is 0.176. The summed E-state index contributed by atoms with van der Waals surface area (Å²) in [6.45, 7) is 2.20. The van der Waals surface area contributed by atoms with Gasteiger partial charge in [-0.25, -0.2) is 4.98 Å². The number of hydrogen-bond acceptors (Lipinski definition) is 4. The van der Waals surface area contributed by atoms with E-state index in [4.69, 9.17) is 9.15 Å². The Balaban J connectivity index is 1.81. The van der Waals surface area contributed by atoms with E-state index in [9.17, 15) is 4.79 Å². The Morgan fingerprint density at radius 1 is 1.14 bits per heavy atom. The van der Waals surface area contributed by atoms with Crippen LogP contribution in [0.1, 0.15) is 12.5 Å². The number of rotatable bonds is 4. The van der Waals surface area contributed by atoms with E-state index in [0.29, 0.717) is 12.5 Å². The first-order valence-electron chi connectivity index (χ1n) is 6.87. The summed E-state index contributed by atoms with van der Waals surface area (Å²) in [5.41, 5.74) is 3.40. The van der Waals surface area contributed by atoms with Crippen molar-refractivity contribution in [2.24, 2.45) is 0 Å². The average molecular weight is 281 g/mol. The molecule has 0 aliphatic rings. The molecule has 1 heterocycles. The van der Waals surface area contributed by atoms with Gasteiger partial charge in [0.05, 0.1) is 13.0 Å². The van der Waals surface area contributed by atoms with Gasteiger partial charge in [-0.15, -0.1) is 0 Å². The number of carbonyl (C=O) groups excluding carboxylic acids is 1. The van der Waals surface area contributed by atoms with Gasteiger partial charge in [-0.2, -0.15) is 0 Å². The highest BCUT2D eigenvalue weighted by Gasteiger charge is 2.09. The zero-order valence-corrected chi connectivity index (χ0v) is 11.7. The van der Waals surface area contributed by atoms with Crippen molar-refractivity contribution in [3.05, 3.63) is 54.1 Å². The third-order valence-electron chi connectivity index (χ3n) is 3.15. The number of benzene rings is 2. The SMILES string of the molecule is CCOC(=O)Cc1ccc(-c2nc3ccccc3o2)cc1. The number of oxazole rings is 1. The predicted molar refractivity (Wildman–Crippen MR) is 79.8 cm³/mol. The third kappa shape index (κ3) is 2.94. The zero-order chi connectivity index (χ0) is 14.7. The maximum Gasteiger partial charge on any atom is 0.310 e. The van der Waals surface area contributed by atoms with Gasteiger partial charge in [-0.3, -0.25) is 4.79 Å². The first-order valence-corrected chi connectivity index (χ1v) is 6.87. The highest BCUT2D eigenvalue weighted by molar-refractivity contribution is 5.76. The molecule has 106 valence electrons. The average Bonchev–Trinajstić information content (AvgIpc) is 2.92. The van der Waals surface area contributed by atoms with Gasteiger partial charge in [0.15, 0.2) is 5.58 Å². The lowest BCUT2D eigenvalue weighted by Crippen LogP contribution is -2.07. The molecular formula is C17H15NO3. The molecule has 0 N–H and O–H groups in total. The highest BCUT2D eigenvalue weighted by atomic mass is 16.5. The first kappa shape index (κ1) is 13.4. The number of nitrogens with zero attached hydrogens (tertiary/aromatic N) is 1. The van der Waals surface area contributed by atoms with E-state index in [1.165, 1.54) is 0 Å². The van der Waals surface area contributed by atoms with Crippen LogP contribution in [0, 0.1) is 0 Å². The summed E-state index contributed by atoms with van der Waals surface area (Å²) in [5.74, 6) is 0.367. The van der Waals surface area contributed by atoms with Crippen molar-refractivity contribution in [1.29, 1.82) is 0 Å². The Morgan fingerprint density at radius 3 is 2.62 bits per heavy atom. The molecule has 0 spiro atoms. The minimum atomic E-state index is -0.216. The van der Waals surface area contributed by atoms with Crippen molar-refractivity contribution in [1.82, 2.24) is 4.98 Å². The summed E-state index contributed by atoms with van der Waals surface area (Å²) in [5, 5.41) is 0. The molecule has 0 aliphatic heterocycles. The highest BCUT2D eigenvalue weighted by Crippen LogP contribution is 2.24. The molecule has 0 saturated heterocycles. The van der Waals surface area contributed by atoms with Crippen LogP contribution >= 0.6 is 0 Å². The number of carbonyl (C=O) groups is 1. The fourth-order valence-electron chi connectivity index (χ4n) is 2.14. The van der Waals surface area contributed by atoms with Crippen molar-refractivity contribution >= 4 is 17.1 Å². The van der Waals surface area contributed by atoms with Crippen molar-refractivity contribution < 1.29 is 13.9 Å². The van der Waals surface area contributed by atoms with Crippen molar-refractivity contribution in [2.45, 2.75) is 13.3 Å². The van der Waals surface area contributed by atoms with Gasteiger partial charge in [0.2, 0.25) is 5.89 Å². The van der Waals surface area contributed by atoms with Gasteiger partial charge in [0.25, 0.3) is 0 Å². The van der Waals surface area contributed by atoms with Gasteiger partial charge >= 0.3 is 5.97 Å². The number of ether oxygens (including phenoxy) is 1. The molecule has 0 aliphatic carbocycles. The van der Waals surface area contributed by atoms with Crippen molar-refractivity contribution in [3.63, 3.8) is 0 Å². The van der Waals surface area contributed by atoms with Gasteiger partial charge in [-0.05, 0) is 36.8 Å². The molecule has 2 aromatic carbocycles. The van der Waals surface area contributed by atoms with E-state index in [1.54, 1.807) is 6.92 Å². The van der Waals surface area contributed by atoms with E-state index in [-0.39, 0.29) is 12.4 Å². The van der Waals surface area contributed by atoms with Crippen LogP contribution < -0.4 is 0 Å². The topological polar surface area (TPSA) is 52.3 Å². The van der Waals surface area contributed by atoms with Crippen LogP contribution in [0.25, 0.3) is 22.6 Å². The Hall–Kier alpha value is -2.62. The summed E-state index contributed by atoms with van der Waals surface area (Å²) in [6.07, 6.45) is 0.279. The van der Waals surface area contributed by atoms with E-state index in [0.717, 1.165) is 22.2 Å². The molecule has 4 heteroatoms. The summed E-state index contributed by atoms with van der Waals surface area (Å²) >= 11 is 0. The quantitative estimate of drug-likeness (QED) is 0.686. The van der Waals surface area contributed by atoms with Crippen LogP contribution in [0.4, 0.5) is 0 Å². The number of esters is 1. The Labute approximate surface area is 122 Å². The second-order valence-electron chi connectivity index (χ2n) is 4.67. The number of hydrogen-bond donors (Lipinski definition) is 0. The molecule has 0 bridgehead atoms. The zero-order valence-electron chi connectivity index (χ0n) is 11.7. The third-order valence-corrected chi connectivity index (χ3v) is 3.15. The standard InChI is InChI=1S/C17H15NO3/c1-2-20-16(19)11-12-7-9-13(10-8-12)17-18-14-5-3-4-6-15(14)21-17/h3-10H,2,11H2,1H3. The lowest BCUT2D eigenvalue weighted by molar-refractivity contribution is -0.142. The normalized spacial score (nSPS) is 10.7. The lowest BCUT2D eigenvalue weighted by Gasteiger charge is -2.02. The number of fused-ring (bicyclic) bond motifs is 1. The smallest absolute Gasteiger partial charge is 0.310 e. The lowest BCUT2D eigenvalue weighted by atomic mass is 10.1. The number of para-hydroxylation sites is 2. The molecule has 0 radical (unpaired) electrons. The molecule has 3 aromatic rings. The molecule has 0 saturated carbocycles. The summed E-state index contributed by atoms with van der Waals surface area (Å²) in [7, 11) is 0. The Bertz CT molecular complexity index is 726. The maximum absolute atomic E-state index is 11.4. The maximum atomic E-state index is 11.4. The largest absolute Gasteiger partial charge is 0.466 e. The Kier molecular flexibility index (Phi) is 3.69. The van der Waals surface area contributed by atoms with Crippen LogP contribution in [0.15, 0.2) is 52.9 Å². The molecule has 3 rings (SSSR count). The molecule has 21 heavy (non-hydrogen) atoms. The fourth-order valence-corrected chi connectivity index (χ4v) is 2.14. The van der Waals surface area contributed by atoms with Crippen LogP contribution in [0.3, 0.4) is 0 Å². The van der Waals surface area contributed by atoms with Crippen LogP contribution in [-0.2, 0) is 16.0 Å². The monoisotopic (exact) mass is 281 g/mol. The molecule has 4 nitrogen and oxygen atoms in total. The summed E-state index contributed by atoms with van der Waals surface area (Å²) in [4.78, 5) is 15.9. The van der Waals surface area contributed by atoms with E-state index in [2.05, 4.69) is 4.98 Å². The van der Waals surface area contributed by atoms with Crippen LogP contribution in [0.5, 0.6) is 0 Å². The summed E-state index contributed by atoms with van der Waals surface area (Å²) < 4.78 is 10.6. The van der Waals surface area contributed by atoms with Crippen LogP contribution in [0.2, 0.25) is 0 Å². The molecule has 1 aromatic heterocycles. The first-order chi connectivity index (χ1) is 10.3. The molecule has 0 amide bonds. The second-order valence-corrected chi connectivity index (χ2v) is 4.67. The molecular weight excluding hydrogens is 266 g/mol. The van der Waals surface area contributed by atoms with Crippen molar-refractivity contribution in [3.8, 4) is 11.5 Å². The van der Waals surface area contributed by atoms with Gasteiger partial charge in [0, 0.05) is 5.56 Å². The van der Waals surface area contributed by atoms with E-state index in [1.807, 2.05) is 48.5 Å². The van der Waals surface area contributed by atoms with Gasteiger partial charge in [0.1, 0.15) is 5.52 Å². The van der Waals surface area contributed by atoms with Crippen molar-refractivity contribution in [2.75, 3.05) is 6.61 Å². The summed E-state index contributed by atoms with van der Waals surface area (Å²) in [6, 6.07) is 15.2. The van der Waals surface area contributed by atoms with Crippen LogP contribution in [-0.4, -0.2) is 17.6 Å². The predicted octanol–water partition coefficient (Wildman–Crippen LogP) is 3.60. The van der Waals surface area contributed by atoms with Gasteiger partial charge < -0.3 is 9.15 Å². The molecule has 0 unspecified atom stereocenters.